The fourth-order valence-electron chi connectivity index (χ4n) is 2.93. The van der Waals surface area contributed by atoms with Crippen molar-refractivity contribution in [3.63, 3.8) is 0 Å². The van der Waals surface area contributed by atoms with Crippen molar-refractivity contribution in [3.8, 4) is 5.75 Å². The summed E-state index contributed by atoms with van der Waals surface area (Å²) in [7, 11) is 6.95. The monoisotopic (exact) mass is 400 g/mol. The van der Waals surface area contributed by atoms with E-state index in [1.165, 1.54) is 16.2 Å². The number of ether oxygens (including phenoxy) is 1. The van der Waals surface area contributed by atoms with Gasteiger partial charge in [-0.05, 0) is 38.4 Å². The van der Waals surface area contributed by atoms with Crippen LogP contribution in [0, 0.1) is 0 Å². The summed E-state index contributed by atoms with van der Waals surface area (Å²) in [5.74, 6) is 0.804. The van der Waals surface area contributed by atoms with Gasteiger partial charge in [0.05, 0.1) is 13.7 Å². The number of aryl methyl sites for hydroxylation is 1. The number of rotatable bonds is 8. The van der Waals surface area contributed by atoms with Gasteiger partial charge in [0, 0.05) is 25.7 Å². The Morgan fingerprint density at radius 1 is 1.24 bits per heavy atom. The second-order valence-electron chi connectivity index (χ2n) is 6.89. The van der Waals surface area contributed by atoms with E-state index >= 15 is 0 Å². The lowest BCUT2D eigenvalue weighted by molar-refractivity contribution is 0.0974. The number of imidazole rings is 1. The van der Waals surface area contributed by atoms with E-state index in [0.29, 0.717) is 23.8 Å². The number of hydrogen-bond donors (Lipinski definition) is 2. The summed E-state index contributed by atoms with van der Waals surface area (Å²) in [5.41, 5.74) is -0.282. The molecule has 10 nitrogen and oxygen atoms in total. The third kappa shape index (κ3) is 4.21. The molecular formula is C19H24N6O4. The largest absolute Gasteiger partial charge is 0.497 e. The summed E-state index contributed by atoms with van der Waals surface area (Å²) >= 11 is 0. The molecule has 0 aliphatic heterocycles. The van der Waals surface area contributed by atoms with Crippen LogP contribution >= 0.6 is 0 Å². The van der Waals surface area contributed by atoms with Crippen molar-refractivity contribution >= 4 is 22.9 Å². The van der Waals surface area contributed by atoms with Gasteiger partial charge in [-0.3, -0.25) is 23.7 Å². The molecule has 0 fully saturated rings. The van der Waals surface area contributed by atoms with E-state index < -0.39 is 11.2 Å². The lowest BCUT2D eigenvalue weighted by atomic mass is 10.1. The maximum absolute atomic E-state index is 12.8. The van der Waals surface area contributed by atoms with Crippen molar-refractivity contribution in [3.05, 3.63) is 50.7 Å². The van der Waals surface area contributed by atoms with Crippen LogP contribution in [0.5, 0.6) is 5.75 Å². The van der Waals surface area contributed by atoms with E-state index in [2.05, 4.69) is 15.3 Å². The Balaban J connectivity index is 2.03. The number of methoxy groups -OCH3 is 1. The van der Waals surface area contributed by atoms with Gasteiger partial charge in [-0.25, -0.2) is 4.79 Å². The summed E-state index contributed by atoms with van der Waals surface area (Å²) in [4.78, 5) is 45.9. The predicted octanol–water partition coefficient (Wildman–Crippen LogP) is 0.288. The van der Waals surface area contributed by atoms with Gasteiger partial charge in [0.2, 0.25) is 5.95 Å². The molecule has 0 aliphatic rings. The third-order valence-corrected chi connectivity index (χ3v) is 4.56. The van der Waals surface area contributed by atoms with Crippen LogP contribution in [0.3, 0.4) is 0 Å². The molecule has 0 aliphatic carbocycles. The molecule has 2 N–H and O–H groups in total. The number of aromatic nitrogens is 4. The molecule has 0 amide bonds. The van der Waals surface area contributed by atoms with E-state index in [1.54, 1.807) is 31.4 Å². The molecule has 10 heteroatoms. The van der Waals surface area contributed by atoms with Gasteiger partial charge in [0.15, 0.2) is 16.9 Å². The number of likely N-dealkylation sites (N-methyl/N-ethyl adjacent to an activating group) is 1. The average Bonchev–Trinajstić information content (AvgIpc) is 3.05. The molecule has 29 heavy (non-hydrogen) atoms. The van der Waals surface area contributed by atoms with E-state index in [-0.39, 0.29) is 23.5 Å². The van der Waals surface area contributed by atoms with Gasteiger partial charge in [-0.1, -0.05) is 0 Å². The number of H-pyrrole nitrogens is 1. The molecule has 3 aromatic rings. The van der Waals surface area contributed by atoms with Crippen LogP contribution in [-0.4, -0.2) is 64.1 Å². The second-order valence-corrected chi connectivity index (χ2v) is 6.89. The lowest BCUT2D eigenvalue weighted by Gasteiger charge is -2.12. The van der Waals surface area contributed by atoms with Crippen molar-refractivity contribution in [2.45, 2.75) is 6.54 Å². The second kappa shape index (κ2) is 8.31. The summed E-state index contributed by atoms with van der Waals surface area (Å²) in [6, 6.07) is 6.73. The zero-order valence-electron chi connectivity index (χ0n) is 16.9. The molecule has 0 spiro atoms. The Morgan fingerprint density at radius 2 is 1.93 bits per heavy atom. The summed E-state index contributed by atoms with van der Waals surface area (Å²) in [5, 5.41) is 3.15. The molecule has 0 atom stereocenters. The molecule has 0 saturated carbocycles. The van der Waals surface area contributed by atoms with Gasteiger partial charge in [-0.15, -0.1) is 0 Å². The van der Waals surface area contributed by atoms with Gasteiger partial charge in [-0.2, -0.15) is 4.98 Å². The number of Topliss-reactive ketones (excluding diaryl/α,β-unsaturated/α-hetero) is 1. The minimum atomic E-state index is -0.584. The Kier molecular flexibility index (Phi) is 5.83. The van der Waals surface area contributed by atoms with Crippen molar-refractivity contribution in [2.75, 3.05) is 39.6 Å². The first kappa shape index (κ1) is 20.3. The number of nitrogens with one attached hydrogen (secondary N) is 2. The standard InChI is InChI=1S/C19H24N6O4/c1-23(2)10-9-20-18-21-16-15(17(27)22-19(28)24(16)3)25(18)11-14(26)12-5-7-13(29-4)8-6-12/h5-8H,9-11H2,1-4H3,(H,20,21)(H,22,27,28). The van der Waals surface area contributed by atoms with Gasteiger partial charge in [0.25, 0.3) is 5.56 Å². The van der Waals surface area contributed by atoms with Crippen molar-refractivity contribution in [2.24, 2.45) is 7.05 Å². The zero-order chi connectivity index (χ0) is 21.1. The van der Waals surface area contributed by atoms with Crippen LogP contribution < -0.4 is 21.3 Å². The Bertz CT molecular complexity index is 1140. The van der Waals surface area contributed by atoms with Gasteiger partial charge < -0.3 is 15.0 Å². The molecule has 1 aromatic carbocycles. The number of carbonyl (C=O) groups excluding carboxylic acids is 1. The van der Waals surface area contributed by atoms with E-state index in [9.17, 15) is 14.4 Å². The number of benzene rings is 1. The highest BCUT2D eigenvalue weighted by atomic mass is 16.5. The highest BCUT2D eigenvalue weighted by molar-refractivity contribution is 5.97. The van der Waals surface area contributed by atoms with Crippen molar-refractivity contribution in [1.82, 2.24) is 24.0 Å². The fourth-order valence-corrected chi connectivity index (χ4v) is 2.93. The molecular weight excluding hydrogens is 376 g/mol. The van der Waals surface area contributed by atoms with Gasteiger partial charge >= 0.3 is 5.69 Å². The third-order valence-electron chi connectivity index (χ3n) is 4.56. The average molecular weight is 400 g/mol. The Labute approximate surface area is 166 Å². The molecule has 2 heterocycles. The van der Waals surface area contributed by atoms with E-state index in [1.807, 2.05) is 19.0 Å². The van der Waals surface area contributed by atoms with Gasteiger partial charge in [0.1, 0.15) is 5.75 Å². The minimum Gasteiger partial charge on any atom is -0.497 e. The van der Waals surface area contributed by atoms with Crippen molar-refractivity contribution in [1.29, 1.82) is 0 Å². The first-order chi connectivity index (χ1) is 13.8. The van der Waals surface area contributed by atoms with Crippen LogP contribution in [0.25, 0.3) is 11.2 Å². The maximum atomic E-state index is 12.8. The van der Waals surface area contributed by atoms with E-state index in [0.717, 1.165) is 6.54 Å². The highest BCUT2D eigenvalue weighted by Crippen LogP contribution is 2.18. The molecule has 0 radical (unpaired) electrons. The first-order valence-electron chi connectivity index (χ1n) is 9.07. The van der Waals surface area contributed by atoms with Crippen molar-refractivity contribution < 1.29 is 9.53 Å². The highest BCUT2D eigenvalue weighted by Gasteiger charge is 2.20. The Hall–Kier alpha value is -3.40. The van der Waals surface area contributed by atoms with Crippen LogP contribution in [0.1, 0.15) is 10.4 Å². The smallest absolute Gasteiger partial charge is 0.329 e. The van der Waals surface area contributed by atoms with Crippen LogP contribution in [0.2, 0.25) is 0 Å². The minimum absolute atomic E-state index is 0.103. The fraction of sp³-hybridized carbons (Fsp3) is 0.368. The SMILES string of the molecule is COc1ccc(C(=O)Cn2c(NCCN(C)C)nc3c2c(=O)[nH]c(=O)n3C)cc1. The summed E-state index contributed by atoms with van der Waals surface area (Å²) in [6.07, 6.45) is 0. The van der Waals surface area contributed by atoms with Crippen LogP contribution in [0.15, 0.2) is 33.9 Å². The van der Waals surface area contributed by atoms with Crippen LogP contribution in [-0.2, 0) is 13.6 Å². The Morgan fingerprint density at radius 3 is 2.55 bits per heavy atom. The lowest BCUT2D eigenvalue weighted by Crippen LogP contribution is -2.29. The molecule has 3 rings (SSSR count). The molecule has 2 aromatic heterocycles. The molecule has 0 saturated heterocycles. The number of nitrogens with zero attached hydrogens (tertiary/aromatic N) is 4. The summed E-state index contributed by atoms with van der Waals surface area (Å²) in [6.45, 7) is 1.18. The van der Waals surface area contributed by atoms with Crippen LogP contribution in [0.4, 0.5) is 5.95 Å². The predicted molar refractivity (Wildman–Crippen MR) is 110 cm³/mol. The summed E-state index contributed by atoms with van der Waals surface area (Å²) < 4.78 is 7.88. The quantitative estimate of drug-likeness (QED) is 0.522. The number of ketones is 1. The zero-order valence-corrected chi connectivity index (χ0v) is 16.9. The number of aromatic amines is 1. The maximum Gasteiger partial charge on any atom is 0.329 e. The first-order valence-corrected chi connectivity index (χ1v) is 9.07. The number of carbonyl (C=O) groups is 1. The molecule has 0 bridgehead atoms. The number of fused-ring (bicyclic) bond motifs is 1. The number of anilines is 1. The normalized spacial score (nSPS) is 11.2. The number of hydrogen-bond acceptors (Lipinski definition) is 7. The molecule has 0 unspecified atom stereocenters. The van der Waals surface area contributed by atoms with E-state index in [4.69, 9.17) is 4.74 Å². The molecule has 154 valence electrons. The topological polar surface area (TPSA) is 114 Å².